The lowest BCUT2D eigenvalue weighted by molar-refractivity contribution is 0.354. The van der Waals surface area contributed by atoms with Gasteiger partial charge in [-0.1, -0.05) is 29.8 Å². The summed E-state index contributed by atoms with van der Waals surface area (Å²) < 4.78 is 1.99. The van der Waals surface area contributed by atoms with Crippen molar-refractivity contribution in [3.8, 4) is 6.07 Å². The number of nitriles is 1. The Bertz CT molecular complexity index is 320. The highest BCUT2D eigenvalue weighted by Crippen LogP contribution is 2.21. The Labute approximate surface area is 87.3 Å². The Kier molecular flexibility index (Phi) is 3.16. The van der Waals surface area contributed by atoms with E-state index in [1.807, 2.05) is 22.9 Å². The van der Waals surface area contributed by atoms with Gasteiger partial charge < -0.3 is 4.57 Å². The molecular weight excluding hydrogens is 228 g/mol. The van der Waals surface area contributed by atoms with E-state index in [-0.39, 0.29) is 5.41 Å². The molecule has 0 atom stereocenters. The number of nitrogens with zero attached hydrogens (tertiary/aromatic N) is 2. The highest BCUT2D eigenvalue weighted by atomic mass is 79.9. The van der Waals surface area contributed by atoms with Crippen LogP contribution < -0.4 is 0 Å². The molecule has 0 bridgehead atoms. The van der Waals surface area contributed by atoms with E-state index in [0.717, 1.165) is 17.6 Å². The predicted octanol–water partition coefficient (Wildman–Crippen LogP) is 2.78. The van der Waals surface area contributed by atoms with Crippen LogP contribution in [-0.4, -0.2) is 9.90 Å². The molecule has 0 saturated heterocycles. The van der Waals surface area contributed by atoms with E-state index >= 15 is 0 Å². The second-order valence-corrected chi connectivity index (χ2v) is 4.49. The van der Waals surface area contributed by atoms with Gasteiger partial charge in [0.25, 0.3) is 0 Å². The van der Waals surface area contributed by atoms with Gasteiger partial charge in [0.1, 0.15) is 11.8 Å². The molecule has 0 amide bonds. The first-order valence-electron chi connectivity index (χ1n) is 4.20. The van der Waals surface area contributed by atoms with Crippen molar-refractivity contribution in [1.82, 2.24) is 4.57 Å². The summed E-state index contributed by atoms with van der Waals surface area (Å²) in [4.78, 5) is 0. The minimum absolute atomic E-state index is 0.185. The number of halogens is 1. The zero-order valence-electron chi connectivity index (χ0n) is 7.92. The van der Waals surface area contributed by atoms with E-state index in [0.29, 0.717) is 0 Å². The number of rotatable bonds is 3. The van der Waals surface area contributed by atoms with E-state index in [1.165, 1.54) is 0 Å². The van der Waals surface area contributed by atoms with Gasteiger partial charge in [-0.05, 0) is 17.5 Å². The maximum Gasteiger partial charge on any atom is 0.120 e. The summed E-state index contributed by atoms with van der Waals surface area (Å²) in [5.74, 6) is 0. The van der Waals surface area contributed by atoms with Crippen LogP contribution in [0.4, 0.5) is 0 Å². The van der Waals surface area contributed by atoms with Crippen molar-refractivity contribution in [2.45, 2.75) is 20.4 Å². The number of alkyl halides is 1. The SMILES string of the molecule is CC(C)(CBr)Cn1cccc1C#N. The Morgan fingerprint density at radius 2 is 2.31 bits per heavy atom. The highest BCUT2D eigenvalue weighted by molar-refractivity contribution is 9.09. The summed E-state index contributed by atoms with van der Waals surface area (Å²) in [6.45, 7) is 5.21. The van der Waals surface area contributed by atoms with Crippen LogP contribution in [-0.2, 0) is 6.54 Å². The van der Waals surface area contributed by atoms with Gasteiger partial charge >= 0.3 is 0 Å². The Morgan fingerprint density at radius 3 is 2.85 bits per heavy atom. The van der Waals surface area contributed by atoms with Crippen LogP contribution in [0.15, 0.2) is 18.3 Å². The molecule has 1 heterocycles. The molecule has 0 fully saturated rings. The third-order valence-corrected chi connectivity index (χ3v) is 3.42. The fourth-order valence-corrected chi connectivity index (χ4v) is 1.33. The first kappa shape index (κ1) is 10.3. The summed E-state index contributed by atoms with van der Waals surface area (Å²) in [7, 11) is 0. The molecule has 13 heavy (non-hydrogen) atoms. The van der Waals surface area contributed by atoms with Gasteiger partial charge in [-0.2, -0.15) is 5.26 Å². The topological polar surface area (TPSA) is 28.7 Å². The van der Waals surface area contributed by atoms with Crippen LogP contribution in [0, 0.1) is 16.7 Å². The Morgan fingerprint density at radius 1 is 1.62 bits per heavy atom. The molecule has 0 spiro atoms. The quantitative estimate of drug-likeness (QED) is 0.748. The van der Waals surface area contributed by atoms with Crippen molar-refractivity contribution >= 4 is 15.9 Å². The standard InChI is InChI=1S/C10H13BrN2/c1-10(2,7-11)8-13-5-3-4-9(13)6-12/h3-5H,7-8H2,1-2H3. The molecule has 0 N–H and O–H groups in total. The first-order valence-corrected chi connectivity index (χ1v) is 5.32. The van der Waals surface area contributed by atoms with Gasteiger partial charge in [0, 0.05) is 18.1 Å². The fourth-order valence-electron chi connectivity index (χ4n) is 1.16. The van der Waals surface area contributed by atoms with Crippen molar-refractivity contribution in [2.75, 3.05) is 5.33 Å². The van der Waals surface area contributed by atoms with Gasteiger partial charge in [-0.25, -0.2) is 0 Å². The summed E-state index contributed by atoms with van der Waals surface area (Å²) in [6, 6.07) is 5.91. The summed E-state index contributed by atoms with van der Waals surface area (Å²) >= 11 is 3.47. The lowest BCUT2D eigenvalue weighted by Gasteiger charge is -2.22. The molecule has 0 radical (unpaired) electrons. The third-order valence-electron chi connectivity index (χ3n) is 1.90. The molecular formula is C10H13BrN2. The van der Waals surface area contributed by atoms with E-state index in [1.54, 1.807) is 0 Å². The number of hydrogen-bond donors (Lipinski definition) is 0. The second kappa shape index (κ2) is 3.97. The molecule has 2 nitrogen and oxygen atoms in total. The Balaban J connectivity index is 2.81. The number of aromatic nitrogens is 1. The zero-order chi connectivity index (χ0) is 9.90. The van der Waals surface area contributed by atoms with E-state index < -0.39 is 0 Å². The lowest BCUT2D eigenvalue weighted by atomic mass is 9.97. The van der Waals surface area contributed by atoms with Crippen LogP contribution >= 0.6 is 15.9 Å². The molecule has 0 saturated carbocycles. The van der Waals surface area contributed by atoms with Crippen molar-refractivity contribution < 1.29 is 0 Å². The van der Waals surface area contributed by atoms with Gasteiger partial charge in [0.15, 0.2) is 0 Å². The molecule has 1 aromatic rings. The molecule has 0 aliphatic carbocycles. The van der Waals surface area contributed by atoms with Crippen LogP contribution in [0.25, 0.3) is 0 Å². The monoisotopic (exact) mass is 240 g/mol. The average molecular weight is 241 g/mol. The predicted molar refractivity (Wildman–Crippen MR) is 56.7 cm³/mol. The lowest BCUT2D eigenvalue weighted by Crippen LogP contribution is -2.21. The molecule has 1 aromatic heterocycles. The van der Waals surface area contributed by atoms with E-state index in [2.05, 4.69) is 35.8 Å². The largest absolute Gasteiger partial charge is 0.339 e. The first-order chi connectivity index (χ1) is 6.09. The van der Waals surface area contributed by atoms with Crippen molar-refractivity contribution in [1.29, 1.82) is 5.26 Å². The minimum atomic E-state index is 0.185. The van der Waals surface area contributed by atoms with Crippen molar-refractivity contribution in [3.63, 3.8) is 0 Å². The van der Waals surface area contributed by atoms with E-state index in [9.17, 15) is 0 Å². The average Bonchev–Trinajstić information content (AvgIpc) is 2.51. The van der Waals surface area contributed by atoms with Crippen LogP contribution in [0.5, 0.6) is 0 Å². The second-order valence-electron chi connectivity index (χ2n) is 3.93. The third kappa shape index (κ3) is 2.60. The molecule has 0 aromatic carbocycles. The smallest absolute Gasteiger partial charge is 0.120 e. The fraction of sp³-hybridized carbons (Fsp3) is 0.500. The molecule has 3 heteroatoms. The van der Waals surface area contributed by atoms with Crippen LogP contribution in [0.1, 0.15) is 19.5 Å². The number of hydrogen-bond acceptors (Lipinski definition) is 1. The minimum Gasteiger partial charge on any atom is -0.339 e. The van der Waals surface area contributed by atoms with E-state index in [4.69, 9.17) is 5.26 Å². The van der Waals surface area contributed by atoms with Gasteiger partial charge in [-0.15, -0.1) is 0 Å². The summed E-state index contributed by atoms with van der Waals surface area (Å²) in [5, 5.41) is 9.73. The summed E-state index contributed by atoms with van der Waals surface area (Å²) in [5.41, 5.74) is 0.916. The maximum absolute atomic E-state index is 8.79. The normalized spacial score (nSPS) is 11.2. The molecule has 1 rings (SSSR count). The highest BCUT2D eigenvalue weighted by Gasteiger charge is 2.17. The Hall–Kier alpha value is -0.750. The molecule has 0 unspecified atom stereocenters. The zero-order valence-corrected chi connectivity index (χ0v) is 9.50. The maximum atomic E-state index is 8.79. The van der Waals surface area contributed by atoms with Crippen LogP contribution in [0.2, 0.25) is 0 Å². The van der Waals surface area contributed by atoms with Crippen molar-refractivity contribution in [3.05, 3.63) is 24.0 Å². The molecule has 70 valence electrons. The van der Waals surface area contributed by atoms with Gasteiger partial charge in [-0.3, -0.25) is 0 Å². The van der Waals surface area contributed by atoms with Crippen molar-refractivity contribution in [2.24, 2.45) is 5.41 Å². The van der Waals surface area contributed by atoms with Gasteiger partial charge in [0.05, 0.1) is 0 Å². The summed E-state index contributed by atoms with van der Waals surface area (Å²) in [6.07, 6.45) is 1.95. The molecule has 0 aliphatic rings. The van der Waals surface area contributed by atoms with Gasteiger partial charge in [0.2, 0.25) is 0 Å². The van der Waals surface area contributed by atoms with Crippen LogP contribution in [0.3, 0.4) is 0 Å². The molecule has 0 aliphatic heterocycles.